The minimum atomic E-state index is 0.614. The number of aromatic nitrogens is 2. The van der Waals surface area contributed by atoms with Crippen molar-refractivity contribution in [2.75, 3.05) is 44.7 Å². The number of ether oxygens (including phenoxy) is 1. The molecule has 1 aliphatic rings. The van der Waals surface area contributed by atoms with Crippen molar-refractivity contribution in [2.45, 2.75) is 33.4 Å². The summed E-state index contributed by atoms with van der Waals surface area (Å²) in [6.07, 6.45) is 0.887. The van der Waals surface area contributed by atoms with Gasteiger partial charge in [-0.05, 0) is 18.1 Å². The highest BCUT2D eigenvalue weighted by Gasteiger charge is 2.22. The molecule has 2 aromatic rings. The van der Waals surface area contributed by atoms with E-state index in [0.29, 0.717) is 13.2 Å². The Kier molecular flexibility index (Phi) is 7.62. The minimum Gasteiger partial charge on any atom is -0.380 e. The van der Waals surface area contributed by atoms with Crippen LogP contribution in [-0.4, -0.2) is 60.1 Å². The normalized spacial score (nSPS) is 15.2. The van der Waals surface area contributed by atoms with Crippen LogP contribution in [0.1, 0.15) is 30.8 Å². The molecular formula is C20H30N6OS. The van der Waals surface area contributed by atoms with Gasteiger partial charge in [0.05, 0.1) is 13.2 Å². The molecule has 1 N–H and O–H groups in total. The van der Waals surface area contributed by atoms with Crippen molar-refractivity contribution >= 4 is 22.6 Å². The van der Waals surface area contributed by atoms with E-state index in [4.69, 9.17) is 9.73 Å². The maximum atomic E-state index is 5.31. The molecule has 7 nitrogen and oxygen atoms in total. The van der Waals surface area contributed by atoms with Crippen molar-refractivity contribution in [3.05, 3.63) is 41.2 Å². The van der Waals surface area contributed by atoms with Gasteiger partial charge in [0.25, 0.3) is 0 Å². The van der Waals surface area contributed by atoms with Gasteiger partial charge < -0.3 is 19.9 Å². The molecule has 0 amide bonds. The van der Waals surface area contributed by atoms with Gasteiger partial charge >= 0.3 is 0 Å². The van der Waals surface area contributed by atoms with E-state index in [1.54, 1.807) is 7.11 Å². The molecule has 0 radical (unpaired) electrons. The van der Waals surface area contributed by atoms with E-state index in [-0.39, 0.29) is 0 Å². The van der Waals surface area contributed by atoms with E-state index in [0.717, 1.165) is 56.1 Å². The van der Waals surface area contributed by atoms with E-state index < -0.39 is 0 Å². The van der Waals surface area contributed by atoms with E-state index in [1.165, 1.54) is 22.7 Å². The summed E-state index contributed by atoms with van der Waals surface area (Å²) in [5, 5.41) is 4.48. The number of guanidine groups is 1. The fraction of sp³-hybridized carbons (Fsp3) is 0.550. The highest BCUT2D eigenvalue weighted by Crippen LogP contribution is 2.19. The van der Waals surface area contributed by atoms with Crippen molar-refractivity contribution < 1.29 is 4.74 Å². The van der Waals surface area contributed by atoms with E-state index in [9.17, 15) is 0 Å². The lowest BCUT2D eigenvalue weighted by Crippen LogP contribution is -2.52. The van der Waals surface area contributed by atoms with Gasteiger partial charge in [0.15, 0.2) is 5.96 Å². The predicted octanol–water partition coefficient (Wildman–Crippen LogP) is 2.53. The summed E-state index contributed by atoms with van der Waals surface area (Å²) in [6, 6.07) is 8.33. The van der Waals surface area contributed by atoms with Crippen LogP contribution in [0.5, 0.6) is 0 Å². The van der Waals surface area contributed by atoms with Gasteiger partial charge in [0, 0.05) is 57.8 Å². The zero-order valence-electron chi connectivity index (χ0n) is 17.0. The van der Waals surface area contributed by atoms with Crippen LogP contribution in [0.3, 0.4) is 0 Å². The molecular weight excluding hydrogens is 372 g/mol. The number of anilines is 1. The van der Waals surface area contributed by atoms with Crippen molar-refractivity contribution in [3.8, 4) is 0 Å². The van der Waals surface area contributed by atoms with Crippen LogP contribution in [0, 0.1) is 0 Å². The molecule has 3 rings (SSSR count). The Bertz CT molecular complexity index is 770. The van der Waals surface area contributed by atoms with E-state index in [1.807, 2.05) is 6.07 Å². The summed E-state index contributed by atoms with van der Waals surface area (Å²) in [5.41, 5.74) is 2.40. The number of hydrogen-bond donors (Lipinski definition) is 1. The fourth-order valence-electron chi connectivity index (χ4n) is 3.22. The first-order valence-electron chi connectivity index (χ1n) is 9.91. The van der Waals surface area contributed by atoms with Gasteiger partial charge in [-0.1, -0.05) is 31.2 Å². The number of benzene rings is 1. The number of piperazine rings is 1. The Morgan fingerprint density at radius 2 is 1.93 bits per heavy atom. The maximum Gasteiger partial charge on any atom is 0.205 e. The second kappa shape index (κ2) is 10.4. The summed E-state index contributed by atoms with van der Waals surface area (Å²) in [5.74, 6) is 1.91. The molecule has 0 spiro atoms. The standard InChI is InChI=1S/C20H30N6OS/c1-4-18-23-20(28-24-18)26-12-10-25(11-13-26)19(21-5-2)22-14-16-8-6-7-9-17(16)15-27-3/h6-9H,4-5,10-15H2,1-3H3,(H,21,22). The predicted molar refractivity (Wildman–Crippen MR) is 115 cm³/mol. The van der Waals surface area contributed by atoms with Gasteiger partial charge in [0.2, 0.25) is 5.13 Å². The molecule has 2 heterocycles. The zero-order chi connectivity index (χ0) is 19.8. The first-order valence-corrected chi connectivity index (χ1v) is 10.7. The third kappa shape index (κ3) is 5.20. The topological polar surface area (TPSA) is 65.9 Å². The SMILES string of the molecule is CCNC(=NCc1ccccc1COC)N1CCN(c2nc(CC)ns2)CC1. The molecule has 1 aliphatic heterocycles. The van der Waals surface area contributed by atoms with Gasteiger partial charge in [-0.2, -0.15) is 4.37 Å². The largest absolute Gasteiger partial charge is 0.380 e. The Hall–Kier alpha value is -2.19. The lowest BCUT2D eigenvalue weighted by Gasteiger charge is -2.36. The van der Waals surface area contributed by atoms with Crippen LogP contribution in [-0.2, 0) is 24.3 Å². The average molecular weight is 403 g/mol. The summed E-state index contributed by atoms with van der Waals surface area (Å²) in [7, 11) is 1.73. The van der Waals surface area contributed by atoms with Gasteiger partial charge in [-0.25, -0.2) is 9.98 Å². The van der Waals surface area contributed by atoms with Gasteiger partial charge in [-0.15, -0.1) is 0 Å². The monoisotopic (exact) mass is 402 g/mol. The molecule has 0 atom stereocenters. The van der Waals surface area contributed by atoms with Crippen LogP contribution >= 0.6 is 11.5 Å². The second-order valence-electron chi connectivity index (χ2n) is 6.69. The molecule has 1 aromatic carbocycles. The maximum absolute atomic E-state index is 5.31. The summed E-state index contributed by atoms with van der Waals surface area (Å²) >= 11 is 1.50. The fourth-order valence-corrected chi connectivity index (χ4v) is 4.02. The Balaban J connectivity index is 1.63. The summed E-state index contributed by atoms with van der Waals surface area (Å²) in [6.45, 7) is 10.0. The number of aryl methyl sites for hydroxylation is 1. The molecule has 1 fully saturated rings. The van der Waals surface area contributed by atoms with Crippen LogP contribution in [0.15, 0.2) is 29.3 Å². The van der Waals surface area contributed by atoms with Crippen LogP contribution in [0.4, 0.5) is 5.13 Å². The van der Waals surface area contributed by atoms with Crippen molar-refractivity contribution in [2.24, 2.45) is 4.99 Å². The van der Waals surface area contributed by atoms with Crippen LogP contribution in [0.25, 0.3) is 0 Å². The first-order chi connectivity index (χ1) is 13.7. The summed E-state index contributed by atoms with van der Waals surface area (Å²) < 4.78 is 9.72. The van der Waals surface area contributed by atoms with Crippen LogP contribution in [0.2, 0.25) is 0 Å². The zero-order valence-corrected chi connectivity index (χ0v) is 17.8. The highest BCUT2D eigenvalue weighted by atomic mass is 32.1. The molecule has 0 aliphatic carbocycles. The van der Waals surface area contributed by atoms with Crippen molar-refractivity contribution in [1.29, 1.82) is 0 Å². The first kappa shape index (κ1) is 20.5. The van der Waals surface area contributed by atoms with Crippen molar-refractivity contribution in [3.63, 3.8) is 0 Å². The summed E-state index contributed by atoms with van der Waals surface area (Å²) in [4.78, 5) is 14.2. The van der Waals surface area contributed by atoms with E-state index in [2.05, 4.69) is 56.5 Å². The van der Waals surface area contributed by atoms with Crippen molar-refractivity contribution in [1.82, 2.24) is 19.6 Å². The van der Waals surface area contributed by atoms with Crippen LogP contribution < -0.4 is 10.2 Å². The molecule has 0 saturated carbocycles. The molecule has 28 heavy (non-hydrogen) atoms. The Morgan fingerprint density at radius 3 is 2.57 bits per heavy atom. The molecule has 0 unspecified atom stereocenters. The van der Waals surface area contributed by atoms with E-state index >= 15 is 0 Å². The number of rotatable bonds is 7. The third-order valence-electron chi connectivity index (χ3n) is 4.78. The molecule has 152 valence electrons. The Morgan fingerprint density at radius 1 is 1.18 bits per heavy atom. The number of nitrogens with zero attached hydrogens (tertiary/aromatic N) is 5. The Labute approximate surface area is 171 Å². The molecule has 1 aromatic heterocycles. The second-order valence-corrected chi connectivity index (χ2v) is 7.42. The lowest BCUT2D eigenvalue weighted by atomic mass is 10.1. The number of methoxy groups -OCH3 is 1. The number of hydrogen-bond acceptors (Lipinski definition) is 6. The lowest BCUT2D eigenvalue weighted by molar-refractivity contribution is 0.184. The average Bonchev–Trinajstić information content (AvgIpc) is 3.22. The molecule has 0 bridgehead atoms. The number of aliphatic imine (C=N–C) groups is 1. The molecule has 8 heteroatoms. The smallest absolute Gasteiger partial charge is 0.205 e. The third-order valence-corrected chi connectivity index (χ3v) is 5.59. The quantitative estimate of drug-likeness (QED) is 0.567. The highest BCUT2D eigenvalue weighted by molar-refractivity contribution is 7.09. The molecule has 1 saturated heterocycles. The minimum absolute atomic E-state index is 0.614. The van der Waals surface area contributed by atoms with Gasteiger partial charge in [-0.3, -0.25) is 0 Å². The van der Waals surface area contributed by atoms with Gasteiger partial charge in [0.1, 0.15) is 5.82 Å². The number of nitrogens with one attached hydrogen (secondary N) is 1.